The van der Waals surface area contributed by atoms with Crippen molar-refractivity contribution in [2.45, 2.75) is 62.6 Å². The van der Waals surface area contributed by atoms with E-state index >= 15 is 0 Å². The number of carboxylic acids is 1. The Hall–Kier alpha value is -0.610. The molecule has 3 rings (SSSR count). The van der Waals surface area contributed by atoms with E-state index in [0.29, 0.717) is 12.1 Å². The summed E-state index contributed by atoms with van der Waals surface area (Å²) in [4.78, 5) is 16.7. The highest BCUT2D eigenvalue weighted by Gasteiger charge is 2.54. The molecule has 2 atom stereocenters. The van der Waals surface area contributed by atoms with Crippen molar-refractivity contribution in [1.29, 1.82) is 0 Å². The monoisotopic (exact) mass is 252 g/mol. The number of hydrogen-bond donors (Lipinski definition) is 1. The van der Waals surface area contributed by atoms with E-state index in [1.54, 1.807) is 0 Å². The number of carboxylic acid groups (broad SMARTS) is 1. The van der Waals surface area contributed by atoms with Crippen molar-refractivity contribution < 1.29 is 9.90 Å². The maximum absolute atomic E-state index is 11.9. The fraction of sp³-hybridized carbons (Fsp3) is 0.929. The third kappa shape index (κ3) is 1.77. The van der Waals surface area contributed by atoms with Crippen molar-refractivity contribution in [3.63, 3.8) is 0 Å². The van der Waals surface area contributed by atoms with Crippen LogP contribution < -0.4 is 0 Å². The van der Waals surface area contributed by atoms with Gasteiger partial charge in [-0.1, -0.05) is 6.42 Å². The molecule has 102 valence electrons. The molecule has 3 aliphatic heterocycles. The quantitative estimate of drug-likeness (QED) is 0.810. The molecule has 18 heavy (non-hydrogen) atoms. The summed E-state index contributed by atoms with van der Waals surface area (Å²) in [6.07, 6.45) is 7.62. The molecule has 0 radical (unpaired) electrons. The lowest BCUT2D eigenvalue weighted by Crippen LogP contribution is -2.63. The summed E-state index contributed by atoms with van der Waals surface area (Å²) >= 11 is 0. The van der Waals surface area contributed by atoms with Gasteiger partial charge in [0.15, 0.2) is 0 Å². The number of aliphatic carboxylic acids is 1. The molecule has 3 fully saturated rings. The van der Waals surface area contributed by atoms with Gasteiger partial charge in [0.1, 0.15) is 5.54 Å². The van der Waals surface area contributed by atoms with Crippen LogP contribution in [-0.2, 0) is 4.79 Å². The van der Waals surface area contributed by atoms with Crippen LogP contribution in [0.1, 0.15) is 44.9 Å². The van der Waals surface area contributed by atoms with Crippen LogP contribution in [-0.4, -0.2) is 58.6 Å². The zero-order valence-corrected chi connectivity index (χ0v) is 11.3. The first-order valence-electron chi connectivity index (χ1n) is 7.34. The standard InChI is InChI=1S/C14H24N2O2/c1-15-11-5-6-12(15)10-14(9-11,13(17)18)16-7-3-2-4-8-16/h11-12H,2-10H2,1H3,(H,17,18). The largest absolute Gasteiger partial charge is 0.480 e. The molecule has 4 nitrogen and oxygen atoms in total. The number of carbonyl (C=O) groups is 1. The number of fused-ring (bicyclic) bond motifs is 2. The van der Waals surface area contributed by atoms with E-state index in [2.05, 4.69) is 16.8 Å². The van der Waals surface area contributed by atoms with Gasteiger partial charge in [0.2, 0.25) is 0 Å². The first kappa shape index (κ1) is 12.4. The molecule has 0 aromatic carbocycles. The van der Waals surface area contributed by atoms with Crippen LogP contribution >= 0.6 is 0 Å². The van der Waals surface area contributed by atoms with Crippen LogP contribution in [0, 0.1) is 0 Å². The van der Waals surface area contributed by atoms with Crippen molar-refractivity contribution in [3.05, 3.63) is 0 Å². The summed E-state index contributed by atoms with van der Waals surface area (Å²) in [6.45, 7) is 1.96. The fourth-order valence-corrected chi connectivity index (χ4v) is 4.34. The van der Waals surface area contributed by atoms with Crippen molar-refractivity contribution in [1.82, 2.24) is 9.80 Å². The Morgan fingerprint density at radius 1 is 1.11 bits per heavy atom. The van der Waals surface area contributed by atoms with Crippen molar-refractivity contribution in [3.8, 4) is 0 Å². The minimum Gasteiger partial charge on any atom is -0.480 e. The van der Waals surface area contributed by atoms with Crippen LogP contribution in [0.3, 0.4) is 0 Å². The third-order valence-electron chi connectivity index (χ3n) is 5.49. The second-order valence-electron chi connectivity index (χ2n) is 6.34. The Kier molecular flexibility index (Phi) is 3.10. The van der Waals surface area contributed by atoms with Gasteiger partial charge in [-0.2, -0.15) is 0 Å². The van der Waals surface area contributed by atoms with Gasteiger partial charge in [-0.15, -0.1) is 0 Å². The predicted octanol–water partition coefficient (Wildman–Crippen LogP) is 1.55. The van der Waals surface area contributed by atoms with Gasteiger partial charge in [-0.3, -0.25) is 9.69 Å². The van der Waals surface area contributed by atoms with Crippen LogP contribution in [0.4, 0.5) is 0 Å². The zero-order valence-electron chi connectivity index (χ0n) is 11.3. The molecule has 0 aromatic rings. The van der Waals surface area contributed by atoms with E-state index in [0.717, 1.165) is 25.9 Å². The number of piperidine rings is 2. The summed E-state index contributed by atoms with van der Waals surface area (Å²) in [5.41, 5.74) is -0.557. The van der Waals surface area contributed by atoms with E-state index in [-0.39, 0.29) is 0 Å². The van der Waals surface area contributed by atoms with E-state index in [9.17, 15) is 9.90 Å². The van der Waals surface area contributed by atoms with Gasteiger partial charge in [0.25, 0.3) is 0 Å². The van der Waals surface area contributed by atoms with Crippen LogP contribution in [0.2, 0.25) is 0 Å². The van der Waals surface area contributed by atoms with Gasteiger partial charge in [0.05, 0.1) is 0 Å². The smallest absolute Gasteiger partial charge is 0.324 e. The molecule has 3 aliphatic rings. The summed E-state index contributed by atoms with van der Waals surface area (Å²) in [5, 5.41) is 9.83. The molecule has 0 aliphatic carbocycles. The Morgan fingerprint density at radius 2 is 1.67 bits per heavy atom. The Bertz CT molecular complexity index is 325. The van der Waals surface area contributed by atoms with Crippen LogP contribution in [0.5, 0.6) is 0 Å². The highest BCUT2D eigenvalue weighted by Crippen LogP contribution is 2.43. The SMILES string of the molecule is CN1C2CCC1CC(C(=O)O)(N1CCCCC1)C2. The topological polar surface area (TPSA) is 43.8 Å². The second-order valence-corrected chi connectivity index (χ2v) is 6.34. The normalized spacial score (nSPS) is 42.1. The van der Waals surface area contributed by atoms with Crippen molar-refractivity contribution >= 4 is 5.97 Å². The number of nitrogens with zero attached hydrogens (tertiary/aromatic N) is 2. The van der Waals surface area contributed by atoms with E-state index < -0.39 is 11.5 Å². The summed E-state index contributed by atoms with van der Waals surface area (Å²) in [5.74, 6) is -0.575. The van der Waals surface area contributed by atoms with E-state index in [1.165, 1.54) is 32.1 Å². The summed E-state index contributed by atoms with van der Waals surface area (Å²) in [7, 11) is 2.17. The molecule has 2 unspecified atom stereocenters. The first-order chi connectivity index (χ1) is 8.63. The third-order valence-corrected chi connectivity index (χ3v) is 5.49. The molecular formula is C14H24N2O2. The lowest BCUT2D eigenvalue weighted by Gasteiger charge is -2.49. The maximum Gasteiger partial charge on any atom is 0.324 e. The molecule has 0 spiro atoms. The molecule has 3 saturated heterocycles. The molecule has 0 aromatic heterocycles. The Balaban J connectivity index is 1.86. The molecular weight excluding hydrogens is 228 g/mol. The second kappa shape index (κ2) is 4.49. The lowest BCUT2D eigenvalue weighted by molar-refractivity contribution is -0.158. The number of hydrogen-bond acceptors (Lipinski definition) is 3. The molecule has 0 amide bonds. The van der Waals surface area contributed by atoms with Crippen molar-refractivity contribution in [2.75, 3.05) is 20.1 Å². The fourth-order valence-electron chi connectivity index (χ4n) is 4.34. The molecule has 1 N–H and O–H groups in total. The minimum absolute atomic E-state index is 0.488. The van der Waals surface area contributed by atoms with E-state index in [4.69, 9.17) is 0 Å². The Labute approximate surface area is 109 Å². The average Bonchev–Trinajstić information content (AvgIpc) is 2.63. The number of rotatable bonds is 2. The molecule has 4 heteroatoms. The van der Waals surface area contributed by atoms with Crippen LogP contribution in [0.15, 0.2) is 0 Å². The van der Waals surface area contributed by atoms with Gasteiger partial charge in [0, 0.05) is 12.1 Å². The maximum atomic E-state index is 11.9. The van der Waals surface area contributed by atoms with Crippen molar-refractivity contribution in [2.24, 2.45) is 0 Å². The van der Waals surface area contributed by atoms with Gasteiger partial charge in [-0.05, 0) is 58.7 Å². The van der Waals surface area contributed by atoms with Crippen LogP contribution in [0.25, 0.3) is 0 Å². The van der Waals surface area contributed by atoms with E-state index in [1.807, 2.05) is 0 Å². The predicted molar refractivity (Wildman–Crippen MR) is 69.6 cm³/mol. The van der Waals surface area contributed by atoms with Gasteiger partial charge < -0.3 is 10.0 Å². The Morgan fingerprint density at radius 3 is 2.17 bits per heavy atom. The molecule has 3 heterocycles. The number of likely N-dealkylation sites (tertiary alicyclic amines) is 1. The molecule has 2 bridgehead atoms. The zero-order chi connectivity index (χ0) is 12.8. The highest BCUT2D eigenvalue weighted by atomic mass is 16.4. The molecule has 0 saturated carbocycles. The van der Waals surface area contributed by atoms with Gasteiger partial charge >= 0.3 is 5.97 Å². The summed E-state index contributed by atoms with van der Waals surface area (Å²) < 4.78 is 0. The first-order valence-corrected chi connectivity index (χ1v) is 7.34. The minimum atomic E-state index is -0.575. The highest BCUT2D eigenvalue weighted by molar-refractivity contribution is 5.79. The lowest BCUT2D eigenvalue weighted by atomic mass is 9.80. The average molecular weight is 252 g/mol. The summed E-state index contributed by atoms with van der Waals surface area (Å²) in [6, 6.07) is 0.976. The van der Waals surface area contributed by atoms with Gasteiger partial charge in [-0.25, -0.2) is 0 Å².